The quantitative estimate of drug-likeness (QED) is 0.517. The van der Waals surface area contributed by atoms with Crippen LogP contribution in [0.15, 0.2) is 28.9 Å². The van der Waals surface area contributed by atoms with Crippen LogP contribution >= 0.6 is 15.9 Å². The maximum atomic E-state index is 14.0. The topological polar surface area (TPSA) is 55.9 Å². The summed E-state index contributed by atoms with van der Waals surface area (Å²) in [7, 11) is 1.67. The maximum absolute atomic E-state index is 14.0. The molecular formula is C11H11BrF2N4. The number of halogens is 3. The SMILES string of the molecule is Cn1nccc1C(NN)c1c(F)ccc(Br)c1F. The highest BCUT2D eigenvalue weighted by atomic mass is 79.9. The molecular weight excluding hydrogens is 306 g/mol. The van der Waals surface area contributed by atoms with Crippen LogP contribution in [0.3, 0.4) is 0 Å². The van der Waals surface area contributed by atoms with E-state index in [0.29, 0.717) is 5.69 Å². The molecule has 0 amide bonds. The molecule has 3 N–H and O–H groups in total. The molecule has 2 rings (SSSR count). The highest BCUT2D eigenvalue weighted by Gasteiger charge is 2.24. The number of hydrazine groups is 1. The first-order valence-corrected chi connectivity index (χ1v) is 5.93. The standard InChI is InChI=1S/C11H11BrF2N4/c1-18-8(4-5-16-18)11(17-15)9-7(13)3-2-6(12)10(9)14/h2-5,11,17H,15H2,1H3. The summed E-state index contributed by atoms with van der Waals surface area (Å²) in [4.78, 5) is 0. The van der Waals surface area contributed by atoms with Crippen LogP contribution in [-0.4, -0.2) is 9.78 Å². The van der Waals surface area contributed by atoms with Crippen LogP contribution in [0.5, 0.6) is 0 Å². The Morgan fingerprint density at radius 2 is 2.11 bits per heavy atom. The number of aryl methyl sites for hydroxylation is 1. The minimum absolute atomic E-state index is 0.143. The Labute approximate surface area is 111 Å². The van der Waals surface area contributed by atoms with Crippen LogP contribution < -0.4 is 11.3 Å². The van der Waals surface area contributed by atoms with Gasteiger partial charge in [0, 0.05) is 18.8 Å². The molecule has 0 saturated heterocycles. The van der Waals surface area contributed by atoms with E-state index in [1.165, 1.54) is 23.0 Å². The third-order valence-electron chi connectivity index (χ3n) is 2.69. The van der Waals surface area contributed by atoms with Gasteiger partial charge in [-0.05, 0) is 34.1 Å². The van der Waals surface area contributed by atoms with Crippen molar-refractivity contribution >= 4 is 15.9 Å². The molecule has 0 aliphatic rings. The highest BCUT2D eigenvalue weighted by molar-refractivity contribution is 9.10. The fraction of sp³-hybridized carbons (Fsp3) is 0.182. The van der Waals surface area contributed by atoms with Gasteiger partial charge in [0.25, 0.3) is 0 Å². The Morgan fingerprint density at radius 1 is 1.39 bits per heavy atom. The molecule has 1 atom stereocenters. The first-order chi connectivity index (χ1) is 8.56. The molecule has 4 nitrogen and oxygen atoms in total. The summed E-state index contributed by atoms with van der Waals surface area (Å²) in [6.45, 7) is 0. The number of hydrogen-bond acceptors (Lipinski definition) is 3. The Hall–Kier alpha value is -1.31. The summed E-state index contributed by atoms with van der Waals surface area (Å²) >= 11 is 3.03. The van der Waals surface area contributed by atoms with Gasteiger partial charge in [-0.2, -0.15) is 5.10 Å². The third-order valence-corrected chi connectivity index (χ3v) is 3.30. The largest absolute Gasteiger partial charge is 0.271 e. The van der Waals surface area contributed by atoms with Crippen molar-refractivity contribution in [2.24, 2.45) is 12.9 Å². The zero-order valence-electron chi connectivity index (χ0n) is 9.49. The zero-order chi connectivity index (χ0) is 13.3. The number of rotatable bonds is 3. The van der Waals surface area contributed by atoms with Gasteiger partial charge in [0.15, 0.2) is 0 Å². The van der Waals surface area contributed by atoms with Crippen LogP contribution in [-0.2, 0) is 7.05 Å². The lowest BCUT2D eigenvalue weighted by Crippen LogP contribution is -2.31. The average molecular weight is 317 g/mol. The molecule has 1 heterocycles. The van der Waals surface area contributed by atoms with E-state index in [2.05, 4.69) is 26.5 Å². The monoisotopic (exact) mass is 316 g/mol. The van der Waals surface area contributed by atoms with Gasteiger partial charge < -0.3 is 0 Å². The lowest BCUT2D eigenvalue weighted by molar-refractivity contribution is 0.490. The lowest BCUT2D eigenvalue weighted by Gasteiger charge is -2.18. The molecule has 96 valence electrons. The van der Waals surface area contributed by atoms with Crippen molar-refractivity contribution in [2.45, 2.75) is 6.04 Å². The van der Waals surface area contributed by atoms with Crippen molar-refractivity contribution in [1.82, 2.24) is 15.2 Å². The summed E-state index contributed by atoms with van der Waals surface area (Å²) in [5.74, 6) is 4.06. The fourth-order valence-corrected chi connectivity index (χ4v) is 2.14. The summed E-state index contributed by atoms with van der Waals surface area (Å²) in [6.07, 6.45) is 1.54. The van der Waals surface area contributed by atoms with Gasteiger partial charge in [0.05, 0.1) is 16.2 Å². The predicted octanol–water partition coefficient (Wildman–Crippen LogP) is 2.01. The van der Waals surface area contributed by atoms with E-state index in [-0.39, 0.29) is 10.0 Å². The average Bonchev–Trinajstić information content (AvgIpc) is 2.76. The Morgan fingerprint density at radius 3 is 2.67 bits per heavy atom. The Balaban J connectivity index is 2.59. The number of nitrogens with zero attached hydrogens (tertiary/aromatic N) is 2. The molecule has 0 aliphatic carbocycles. The van der Waals surface area contributed by atoms with Crippen molar-refractivity contribution in [1.29, 1.82) is 0 Å². The first kappa shape index (κ1) is 13.1. The van der Waals surface area contributed by atoms with Crippen LogP contribution in [0.1, 0.15) is 17.3 Å². The second-order valence-corrected chi connectivity index (χ2v) is 4.59. The van der Waals surface area contributed by atoms with Crippen molar-refractivity contribution < 1.29 is 8.78 Å². The third kappa shape index (κ3) is 2.16. The molecule has 0 saturated carbocycles. The second kappa shape index (κ2) is 5.13. The van der Waals surface area contributed by atoms with E-state index in [1.807, 2.05) is 0 Å². The molecule has 1 unspecified atom stereocenters. The summed E-state index contributed by atoms with van der Waals surface area (Å²) in [6, 6.07) is 3.33. The van der Waals surface area contributed by atoms with E-state index >= 15 is 0 Å². The van der Waals surface area contributed by atoms with E-state index in [4.69, 9.17) is 5.84 Å². The number of nitrogens with two attached hydrogens (primary N) is 1. The lowest BCUT2D eigenvalue weighted by atomic mass is 10.0. The number of nitrogens with one attached hydrogen (secondary N) is 1. The van der Waals surface area contributed by atoms with Crippen molar-refractivity contribution in [2.75, 3.05) is 0 Å². The first-order valence-electron chi connectivity index (χ1n) is 5.13. The number of hydrogen-bond donors (Lipinski definition) is 2. The van der Waals surface area contributed by atoms with E-state index in [0.717, 1.165) is 0 Å². The Bertz CT molecular complexity index is 570. The van der Waals surface area contributed by atoms with Crippen LogP contribution in [0.25, 0.3) is 0 Å². The molecule has 0 spiro atoms. The molecule has 1 aromatic heterocycles. The molecule has 0 fully saturated rings. The van der Waals surface area contributed by atoms with E-state index in [9.17, 15) is 8.78 Å². The molecule has 7 heteroatoms. The normalized spacial score (nSPS) is 12.7. The molecule has 18 heavy (non-hydrogen) atoms. The summed E-state index contributed by atoms with van der Waals surface area (Å²) in [5.41, 5.74) is 2.83. The number of benzene rings is 1. The molecule has 1 aromatic carbocycles. The van der Waals surface area contributed by atoms with Gasteiger partial charge in [-0.25, -0.2) is 14.2 Å². The predicted molar refractivity (Wildman–Crippen MR) is 66.4 cm³/mol. The minimum atomic E-state index is -0.810. The van der Waals surface area contributed by atoms with Crippen LogP contribution in [0, 0.1) is 11.6 Å². The van der Waals surface area contributed by atoms with Crippen molar-refractivity contribution in [3.63, 3.8) is 0 Å². The second-order valence-electron chi connectivity index (χ2n) is 3.74. The summed E-state index contributed by atoms with van der Waals surface area (Å²) < 4.78 is 29.5. The van der Waals surface area contributed by atoms with Gasteiger partial charge in [-0.15, -0.1) is 0 Å². The van der Waals surface area contributed by atoms with Gasteiger partial charge in [0.2, 0.25) is 0 Å². The van der Waals surface area contributed by atoms with E-state index in [1.54, 1.807) is 13.1 Å². The highest BCUT2D eigenvalue weighted by Crippen LogP contribution is 2.29. The molecule has 0 bridgehead atoms. The van der Waals surface area contributed by atoms with Gasteiger partial charge in [0.1, 0.15) is 11.6 Å². The Kier molecular flexibility index (Phi) is 3.74. The number of aromatic nitrogens is 2. The summed E-state index contributed by atoms with van der Waals surface area (Å²) in [5, 5.41) is 3.96. The van der Waals surface area contributed by atoms with E-state index < -0.39 is 17.7 Å². The van der Waals surface area contributed by atoms with Crippen LogP contribution in [0.4, 0.5) is 8.78 Å². The van der Waals surface area contributed by atoms with Crippen molar-refractivity contribution in [3.05, 3.63) is 51.8 Å². The fourth-order valence-electron chi connectivity index (χ4n) is 1.79. The van der Waals surface area contributed by atoms with Crippen LogP contribution in [0.2, 0.25) is 0 Å². The molecule has 2 aromatic rings. The van der Waals surface area contributed by atoms with Gasteiger partial charge >= 0.3 is 0 Å². The smallest absolute Gasteiger partial charge is 0.145 e. The van der Waals surface area contributed by atoms with Gasteiger partial charge in [-0.3, -0.25) is 10.5 Å². The van der Waals surface area contributed by atoms with Crippen molar-refractivity contribution in [3.8, 4) is 0 Å². The molecule has 0 aliphatic heterocycles. The van der Waals surface area contributed by atoms with Gasteiger partial charge in [-0.1, -0.05) is 0 Å². The zero-order valence-corrected chi connectivity index (χ0v) is 11.1. The maximum Gasteiger partial charge on any atom is 0.145 e. The minimum Gasteiger partial charge on any atom is -0.271 e. The molecule has 0 radical (unpaired) electrons.